The number of carbonyl (C=O) groups is 1. The summed E-state index contributed by atoms with van der Waals surface area (Å²) in [5.41, 5.74) is 8.04. The van der Waals surface area contributed by atoms with Gasteiger partial charge in [-0.25, -0.2) is 0 Å². The van der Waals surface area contributed by atoms with E-state index in [-0.39, 0.29) is 12.3 Å². The van der Waals surface area contributed by atoms with Crippen LogP contribution in [0.4, 0.5) is 11.4 Å². The topological polar surface area (TPSA) is 46.3 Å². The number of hydrogen-bond donors (Lipinski definition) is 1. The van der Waals surface area contributed by atoms with Crippen LogP contribution >= 0.6 is 11.6 Å². The number of halogens is 1. The van der Waals surface area contributed by atoms with Crippen LogP contribution in [-0.4, -0.2) is 12.5 Å². The third kappa shape index (κ3) is 3.31. The minimum Gasteiger partial charge on any atom is -0.399 e. The maximum atomic E-state index is 12.4. The molecule has 3 nitrogen and oxygen atoms in total. The summed E-state index contributed by atoms with van der Waals surface area (Å²) in [6.07, 6.45) is 0.290. The fraction of sp³-hybridized carbons (Fsp3) is 0.188. The second-order valence-electron chi connectivity index (χ2n) is 4.50. The summed E-state index contributed by atoms with van der Waals surface area (Å²) in [5.74, 6) is 0.0189. The number of nitrogen functional groups attached to an aromatic ring is 1. The average Bonchev–Trinajstić information content (AvgIpc) is 2.44. The Hall–Kier alpha value is -2.00. The number of benzene rings is 2. The molecule has 0 saturated heterocycles. The number of anilines is 2. The number of amides is 1. The minimum absolute atomic E-state index is 0.0189. The molecule has 0 heterocycles. The Morgan fingerprint density at radius 2 is 1.80 bits per heavy atom. The van der Waals surface area contributed by atoms with Crippen molar-refractivity contribution in [2.45, 2.75) is 13.3 Å². The Bertz CT molecular complexity index is 596. The van der Waals surface area contributed by atoms with E-state index in [4.69, 9.17) is 17.3 Å². The van der Waals surface area contributed by atoms with Crippen LogP contribution in [0.15, 0.2) is 48.5 Å². The van der Waals surface area contributed by atoms with E-state index in [0.717, 1.165) is 11.3 Å². The Morgan fingerprint density at radius 3 is 2.40 bits per heavy atom. The first kappa shape index (κ1) is 14.4. The molecule has 2 rings (SSSR count). The molecule has 1 amide bonds. The van der Waals surface area contributed by atoms with Gasteiger partial charge in [-0.1, -0.05) is 29.8 Å². The lowest BCUT2D eigenvalue weighted by Crippen LogP contribution is -2.32. The standard InChI is InChI=1S/C16H17ClN2O/c1-2-19(14-9-7-13(18)8-10-14)16(20)11-12-5-3-4-6-15(12)17/h3-10H,2,11,18H2,1H3. The monoisotopic (exact) mass is 288 g/mol. The van der Waals surface area contributed by atoms with Crippen molar-refractivity contribution in [2.24, 2.45) is 0 Å². The summed E-state index contributed by atoms with van der Waals surface area (Å²) in [5, 5.41) is 0.620. The smallest absolute Gasteiger partial charge is 0.231 e. The van der Waals surface area contributed by atoms with Gasteiger partial charge in [0.25, 0.3) is 0 Å². The normalized spacial score (nSPS) is 10.3. The number of hydrogen-bond acceptors (Lipinski definition) is 2. The molecule has 20 heavy (non-hydrogen) atoms. The fourth-order valence-corrected chi connectivity index (χ4v) is 2.26. The number of likely N-dealkylation sites (N-methyl/N-ethyl adjacent to an activating group) is 1. The van der Waals surface area contributed by atoms with Gasteiger partial charge in [0, 0.05) is 22.9 Å². The molecule has 0 unspecified atom stereocenters. The van der Waals surface area contributed by atoms with Gasteiger partial charge in [0.15, 0.2) is 0 Å². The SMILES string of the molecule is CCN(C(=O)Cc1ccccc1Cl)c1ccc(N)cc1. The molecule has 0 saturated carbocycles. The largest absolute Gasteiger partial charge is 0.399 e. The maximum absolute atomic E-state index is 12.4. The van der Waals surface area contributed by atoms with E-state index in [2.05, 4.69) is 0 Å². The van der Waals surface area contributed by atoms with Crippen molar-refractivity contribution in [1.29, 1.82) is 0 Å². The van der Waals surface area contributed by atoms with Gasteiger partial charge < -0.3 is 10.6 Å². The van der Waals surface area contributed by atoms with E-state index in [9.17, 15) is 4.79 Å². The summed E-state index contributed by atoms with van der Waals surface area (Å²) in [6, 6.07) is 14.7. The van der Waals surface area contributed by atoms with Crippen molar-refractivity contribution in [3.8, 4) is 0 Å². The van der Waals surface area contributed by atoms with Gasteiger partial charge in [0.1, 0.15) is 0 Å². The number of nitrogens with zero attached hydrogens (tertiary/aromatic N) is 1. The van der Waals surface area contributed by atoms with Crippen LogP contribution in [0.1, 0.15) is 12.5 Å². The molecular weight excluding hydrogens is 272 g/mol. The Balaban J connectivity index is 2.18. The van der Waals surface area contributed by atoms with Gasteiger partial charge in [0.05, 0.1) is 6.42 Å². The molecule has 0 bridgehead atoms. The van der Waals surface area contributed by atoms with E-state index < -0.39 is 0 Å². The van der Waals surface area contributed by atoms with Crippen LogP contribution < -0.4 is 10.6 Å². The predicted octanol–water partition coefficient (Wildman–Crippen LogP) is 3.52. The van der Waals surface area contributed by atoms with Crippen molar-refractivity contribution in [2.75, 3.05) is 17.2 Å². The first-order chi connectivity index (χ1) is 9.61. The van der Waals surface area contributed by atoms with Crippen LogP contribution in [0.2, 0.25) is 5.02 Å². The van der Waals surface area contributed by atoms with Crippen LogP contribution in [0, 0.1) is 0 Å². The molecule has 0 atom stereocenters. The highest BCUT2D eigenvalue weighted by molar-refractivity contribution is 6.31. The molecule has 2 N–H and O–H groups in total. The zero-order chi connectivity index (χ0) is 14.5. The highest BCUT2D eigenvalue weighted by atomic mass is 35.5. The molecule has 4 heteroatoms. The van der Waals surface area contributed by atoms with Gasteiger partial charge in [0.2, 0.25) is 5.91 Å². The molecule has 0 aliphatic rings. The lowest BCUT2D eigenvalue weighted by atomic mass is 10.1. The number of nitrogens with two attached hydrogens (primary N) is 1. The van der Waals surface area contributed by atoms with Crippen LogP contribution in [-0.2, 0) is 11.2 Å². The number of carbonyl (C=O) groups excluding carboxylic acids is 1. The summed E-state index contributed by atoms with van der Waals surface area (Å²) in [6.45, 7) is 2.55. The zero-order valence-electron chi connectivity index (χ0n) is 11.3. The second-order valence-corrected chi connectivity index (χ2v) is 4.90. The molecular formula is C16H17ClN2O. The van der Waals surface area contributed by atoms with Gasteiger partial charge in [-0.3, -0.25) is 4.79 Å². The van der Waals surface area contributed by atoms with Crippen molar-refractivity contribution in [1.82, 2.24) is 0 Å². The van der Waals surface area contributed by atoms with Crippen LogP contribution in [0.5, 0.6) is 0 Å². The van der Waals surface area contributed by atoms with Crippen molar-refractivity contribution in [3.63, 3.8) is 0 Å². The van der Waals surface area contributed by atoms with E-state index >= 15 is 0 Å². The number of rotatable bonds is 4. The van der Waals surface area contributed by atoms with E-state index in [1.165, 1.54) is 0 Å². The van der Waals surface area contributed by atoms with E-state index in [0.29, 0.717) is 17.3 Å². The second kappa shape index (κ2) is 6.44. The van der Waals surface area contributed by atoms with E-state index in [1.807, 2.05) is 37.3 Å². The molecule has 2 aromatic carbocycles. The molecule has 0 radical (unpaired) electrons. The lowest BCUT2D eigenvalue weighted by Gasteiger charge is -2.21. The molecule has 0 fully saturated rings. The van der Waals surface area contributed by atoms with Gasteiger partial charge in [-0.2, -0.15) is 0 Å². The molecule has 0 aliphatic carbocycles. The Labute approximate surface area is 124 Å². The van der Waals surface area contributed by atoms with Gasteiger partial charge in [-0.05, 0) is 42.8 Å². The first-order valence-electron chi connectivity index (χ1n) is 6.51. The maximum Gasteiger partial charge on any atom is 0.231 e. The Morgan fingerprint density at radius 1 is 1.15 bits per heavy atom. The molecule has 0 spiro atoms. The van der Waals surface area contributed by atoms with E-state index in [1.54, 1.807) is 23.1 Å². The predicted molar refractivity (Wildman–Crippen MR) is 84.0 cm³/mol. The third-order valence-electron chi connectivity index (χ3n) is 3.12. The lowest BCUT2D eigenvalue weighted by molar-refractivity contribution is -0.117. The highest BCUT2D eigenvalue weighted by Crippen LogP contribution is 2.20. The van der Waals surface area contributed by atoms with Crippen molar-refractivity contribution < 1.29 is 4.79 Å². The molecule has 104 valence electrons. The summed E-state index contributed by atoms with van der Waals surface area (Å²) < 4.78 is 0. The summed E-state index contributed by atoms with van der Waals surface area (Å²) in [7, 11) is 0. The molecule has 0 aliphatic heterocycles. The minimum atomic E-state index is 0.0189. The zero-order valence-corrected chi connectivity index (χ0v) is 12.1. The fourth-order valence-electron chi connectivity index (χ4n) is 2.06. The Kier molecular flexibility index (Phi) is 4.64. The van der Waals surface area contributed by atoms with Gasteiger partial charge in [-0.15, -0.1) is 0 Å². The summed E-state index contributed by atoms with van der Waals surface area (Å²) in [4.78, 5) is 14.1. The average molecular weight is 289 g/mol. The van der Waals surface area contributed by atoms with Crippen LogP contribution in [0.25, 0.3) is 0 Å². The van der Waals surface area contributed by atoms with Crippen LogP contribution in [0.3, 0.4) is 0 Å². The quantitative estimate of drug-likeness (QED) is 0.875. The molecule has 0 aromatic heterocycles. The summed E-state index contributed by atoms with van der Waals surface area (Å²) >= 11 is 6.10. The molecule has 2 aromatic rings. The third-order valence-corrected chi connectivity index (χ3v) is 3.49. The van der Waals surface area contributed by atoms with Crippen molar-refractivity contribution >= 4 is 28.9 Å². The highest BCUT2D eigenvalue weighted by Gasteiger charge is 2.15. The van der Waals surface area contributed by atoms with Crippen molar-refractivity contribution in [3.05, 3.63) is 59.1 Å². The first-order valence-corrected chi connectivity index (χ1v) is 6.89. The van der Waals surface area contributed by atoms with Gasteiger partial charge >= 0.3 is 0 Å².